The van der Waals surface area contributed by atoms with E-state index in [4.69, 9.17) is 24.7 Å². The van der Waals surface area contributed by atoms with Crippen LogP contribution < -0.4 is 32.3 Å². The molecule has 596 valence electrons. The van der Waals surface area contributed by atoms with Crippen LogP contribution in [0.1, 0.15) is 181 Å². The molecule has 107 heavy (non-hydrogen) atoms. The van der Waals surface area contributed by atoms with Crippen molar-refractivity contribution in [2.75, 3.05) is 73.2 Å². The van der Waals surface area contributed by atoms with Gasteiger partial charge in [0.1, 0.15) is 12.4 Å². The predicted octanol–water partition coefficient (Wildman–Crippen LogP) is 8.02. The molecule has 1 saturated carbocycles. The number of ketones is 3. The average Bonchev–Trinajstić information content (AvgIpc) is 1.70. The number of anilines is 1. The van der Waals surface area contributed by atoms with Gasteiger partial charge >= 0.3 is 12.1 Å². The fourth-order valence-electron chi connectivity index (χ4n) is 14.4. The summed E-state index contributed by atoms with van der Waals surface area (Å²) >= 11 is 1.44. The maximum Gasteiger partial charge on any atom is 0.410 e. The number of benzene rings is 2. The van der Waals surface area contributed by atoms with Crippen LogP contribution in [0.3, 0.4) is 0 Å². The number of hydrogen-bond acceptors (Lipinski definition) is 18. The fraction of sp³-hybridized carbons (Fsp3) is 0.679. The number of nitrogens with one attached hydrogen (secondary N) is 5. The van der Waals surface area contributed by atoms with Crippen LogP contribution in [0.2, 0.25) is 0 Å². The predicted molar refractivity (Wildman–Crippen MR) is 403 cm³/mol. The molecule has 29 heteroatoms. The molecule has 11 amide bonds. The molecule has 2 aromatic rings. The highest BCUT2D eigenvalue weighted by Crippen LogP contribution is 2.52. The third-order valence-corrected chi connectivity index (χ3v) is 22.8. The first-order valence-electron chi connectivity index (χ1n) is 37.6. The summed E-state index contributed by atoms with van der Waals surface area (Å²) in [5, 5.41) is 13.2. The Bertz CT molecular complexity index is 3380. The number of rotatable bonds is 46. The number of thioether (sulfide) groups is 1. The highest BCUT2D eigenvalue weighted by Gasteiger charge is 2.49. The van der Waals surface area contributed by atoms with E-state index in [1.165, 1.54) is 81.1 Å². The number of amides is 11. The van der Waals surface area contributed by atoms with Crippen LogP contribution in [-0.2, 0) is 73.5 Å². The van der Waals surface area contributed by atoms with Crippen LogP contribution in [0.15, 0.2) is 48.5 Å². The zero-order chi connectivity index (χ0) is 79.7. The summed E-state index contributed by atoms with van der Waals surface area (Å²) in [5.74, 6) is -7.46. The molecule has 13 atom stereocenters. The summed E-state index contributed by atoms with van der Waals surface area (Å²) in [7, 11) is 9.15. The van der Waals surface area contributed by atoms with Gasteiger partial charge in [0.05, 0.1) is 66.1 Å². The smallest absolute Gasteiger partial charge is 0.410 e. The SMILES string of the molecule is CC[C@H](C)[C@@H]([C@@H](CC(=O)N1C[C@H](OC)C[C@H]1[C@H](OC)[C@@H](C)C(=O)N[C@@H](C)C(=O)c1ccc(F)cc1)OC)N(C)C(=O)[C@@H](CC(=O)[C@H](C(C)C)N(C)C(=O)OCc1ccc(NC(=O)[C@H](CCCNC(N)=O)CC(=O)[C@@H](NC(=O)CCCCCN2C(=O)CC(SCC3(CC(=O)NC)CC3)C2=O)C(C)C)cc1)C(C)C. The molecule has 3 fully saturated rings. The molecule has 5 rings (SSSR count). The second-order valence-corrected chi connectivity index (χ2v) is 31.5. The number of methoxy groups -OCH3 is 3. The minimum absolute atomic E-state index is 0.0386. The number of urea groups is 1. The van der Waals surface area contributed by atoms with Crippen molar-refractivity contribution in [1.29, 1.82) is 0 Å². The van der Waals surface area contributed by atoms with Crippen LogP contribution in [0.4, 0.5) is 19.7 Å². The molecule has 27 nitrogen and oxygen atoms in total. The molecule has 2 heterocycles. The second kappa shape index (κ2) is 42.8. The van der Waals surface area contributed by atoms with Crippen LogP contribution in [-0.4, -0.2) is 218 Å². The lowest BCUT2D eigenvalue weighted by Crippen LogP contribution is -2.55. The number of hydrogen-bond donors (Lipinski definition) is 6. The Morgan fingerprint density at radius 2 is 1.42 bits per heavy atom. The molecule has 2 aromatic carbocycles. The molecule has 2 saturated heterocycles. The molecule has 3 aliphatic rings. The monoisotopic (exact) mass is 1520 g/mol. The topological polar surface area (TPSA) is 358 Å². The van der Waals surface area contributed by atoms with Gasteiger partial charge in [0.2, 0.25) is 47.3 Å². The molecular formula is C78H119FN10O17S. The lowest BCUT2D eigenvalue weighted by molar-refractivity contribution is -0.149. The van der Waals surface area contributed by atoms with Crippen molar-refractivity contribution in [1.82, 2.24) is 40.9 Å². The number of primary amides is 1. The van der Waals surface area contributed by atoms with Crippen molar-refractivity contribution < 1.29 is 85.7 Å². The lowest BCUT2D eigenvalue weighted by Gasteiger charge is -2.41. The van der Waals surface area contributed by atoms with Crippen LogP contribution in [0.25, 0.3) is 0 Å². The van der Waals surface area contributed by atoms with Gasteiger partial charge in [-0.05, 0) is 123 Å². The number of likely N-dealkylation sites (tertiary alicyclic amines) is 2. The molecule has 0 spiro atoms. The van der Waals surface area contributed by atoms with E-state index in [0.29, 0.717) is 61.9 Å². The number of ether oxygens (including phenoxy) is 4. The average molecular weight is 1520 g/mol. The molecule has 0 radical (unpaired) electrons. The Morgan fingerprint density at radius 3 is 1.99 bits per heavy atom. The van der Waals surface area contributed by atoms with Crippen molar-refractivity contribution in [3.63, 3.8) is 0 Å². The molecule has 0 bridgehead atoms. The van der Waals surface area contributed by atoms with E-state index in [1.807, 2.05) is 27.7 Å². The maximum absolute atomic E-state index is 15.0. The number of Topliss-reactive ketones (excluding diaryl/α,β-unsaturated/α-hetero) is 3. The Balaban J connectivity index is 1.16. The highest BCUT2D eigenvalue weighted by atomic mass is 32.2. The van der Waals surface area contributed by atoms with Crippen molar-refractivity contribution in [3.8, 4) is 0 Å². The normalized spacial score (nSPS) is 19.0. The minimum Gasteiger partial charge on any atom is -0.445 e. The molecule has 1 aliphatic carbocycles. The van der Waals surface area contributed by atoms with Crippen LogP contribution in [0, 0.1) is 52.7 Å². The zero-order valence-electron chi connectivity index (χ0n) is 65.6. The number of carbonyl (C=O) groups is 13. The summed E-state index contributed by atoms with van der Waals surface area (Å²) in [6.45, 7) is 18.3. The number of nitrogens with zero attached hydrogens (tertiary/aromatic N) is 4. The van der Waals surface area contributed by atoms with Crippen LogP contribution >= 0.6 is 11.8 Å². The first-order valence-corrected chi connectivity index (χ1v) is 38.7. The number of nitrogens with two attached hydrogens (primary N) is 1. The summed E-state index contributed by atoms with van der Waals surface area (Å²) in [4.78, 5) is 182. The van der Waals surface area contributed by atoms with E-state index in [9.17, 15) is 66.7 Å². The standard InChI is InChI=1S/C78H119FN10O17S/c1-17-48(8)69(61(104-15)39-65(94)89-42-56(103-14)37-58(89)71(105-16)49(9)72(97)83-50(10)70(96)52-26-28-54(79)29-27-52)86(12)74(99)57(45(2)3)38-60(91)68(47(6)7)87(13)77(102)106-43-51-24-30-55(31-25-51)84-73(98)53(22-21-34-82-76(80)101)36-59(90)67(46(4)5)85-63(92)23-19-18-20-35-88-66(95)40-62(75(88)100)107-44-78(32-33-78)41-64(93)81-11/h24-31,45-50,53,56-58,61-62,67-69,71H,17-23,32-44H2,1-16H3,(H,81,93)(H,83,97)(H,84,98)(H,85,92)(H3,80,82,101)/t48-,49+,50-,53+,56+,57-,58-,61+,62?,67-,68-,69-,71+/m0/s1. The summed E-state index contributed by atoms with van der Waals surface area (Å²) < 4.78 is 37.2. The van der Waals surface area contributed by atoms with E-state index in [1.54, 1.807) is 82.8 Å². The van der Waals surface area contributed by atoms with Crippen LogP contribution in [0.5, 0.6) is 0 Å². The Kier molecular flexibility index (Phi) is 35.9. The molecular weight excluding hydrogens is 1400 g/mol. The number of imide groups is 1. The van der Waals surface area contributed by atoms with E-state index >= 15 is 0 Å². The van der Waals surface area contributed by atoms with Crippen molar-refractivity contribution >= 4 is 94.2 Å². The lowest BCUT2D eigenvalue weighted by atomic mass is 9.83. The van der Waals surface area contributed by atoms with Crippen molar-refractivity contribution in [2.24, 2.45) is 52.6 Å². The molecule has 7 N–H and O–H groups in total. The minimum atomic E-state index is -1.01. The first-order chi connectivity index (χ1) is 50.5. The first kappa shape index (κ1) is 89.7. The third-order valence-electron chi connectivity index (χ3n) is 21.3. The fourth-order valence-corrected chi connectivity index (χ4v) is 15.9. The van der Waals surface area contributed by atoms with E-state index < -0.39 is 113 Å². The van der Waals surface area contributed by atoms with Gasteiger partial charge in [-0.3, -0.25) is 57.6 Å². The quantitative estimate of drug-likeness (QED) is 0.0207. The summed E-state index contributed by atoms with van der Waals surface area (Å²) in [6, 6.07) is 6.57. The van der Waals surface area contributed by atoms with Gasteiger partial charge in [0.15, 0.2) is 17.3 Å². The summed E-state index contributed by atoms with van der Waals surface area (Å²) in [6.07, 6.45) is 1.80. The van der Waals surface area contributed by atoms with Gasteiger partial charge in [0.25, 0.3) is 0 Å². The van der Waals surface area contributed by atoms with E-state index in [2.05, 4.69) is 26.6 Å². The number of carbonyl (C=O) groups excluding carboxylic acids is 13. The third kappa shape index (κ3) is 26.2. The van der Waals surface area contributed by atoms with Gasteiger partial charge in [-0.15, -0.1) is 11.8 Å². The number of unbranched alkanes of at least 4 members (excludes halogenated alkanes) is 2. The van der Waals surface area contributed by atoms with Gasteiger partial charge < -0.3 is 66.0 Å². The van der Waals surface area contributed by atoms with Gasteiger partial charge in [0, 0.05) is 123 Å². The highest BCUT2D eigenvalue weighted by molar-refractivity contribution is 8.00. The molecule has 1 unspecified atom stereocenters. The van der Waals surface area contributed by atoms with Gasteiger partial charge in [-0.1, -0.05) is 87.3 Å². The van der Waals surface area contributed by atoms with E-state index in [0.717, 1.165) is 12.8 Å². The second-order valence-electron chi connectivity index (χ2n) is 30.3. The zero-order valence-corrected chi connectivity index (χ0v) is 66.4. The van der Waals surface area contributed by atoms with E-state index in [-0.39, 0.29) is 141 Å². The Labute approximate surface area is 635 Å². The Hall–Kier alpha value is -7.89. The Morgan fingerprint density at radius 1 is 0.757 bits per heavy atom. The number of likely N-dealkylation sites (N-methyl/N-ethyl adjacent to an activating group) is 2. The van der Waals surface area contributed by atoms with Crippen molar-refractivity contribution in [2.45, 2.75) is 226 Å². The summed E-state index contributed by atoms with van der Waals surface area (Å²) in [5.41, 5.74) is 6.30. The number of halogens is 1. The molecule has 0 aromatic heterocycles. The molecule has 2 aliphatic heterocycles. The largest absolute Gasteiger partial charge is 0.445 e. The van der Waals surface area contributed by atoms with Gasteiger partial charge in [-0.25, -0.2) is 14.0 Å². The van der Waals surface area contributed by atoms with Crippen molar-refractivity contribution in [3.05, 3.63) is 65.5 Å². The maximum atomic E-state index is 15.0. The van der Waals surface area contributed by atoms with Gasteiger partial charge in [-0.2, -0.15) is 0 Å².